The molecule has 108 valence electrons. The summed E-state index contributed by atoms with van der Waals surface area (Å²) in [6, 6.07) is 5.53. The zero-order chi connectivity index (χ0) is 15.1. The molecule has 0 aliphatic rings. The Labute approximate surface area is 124 Å². The summed E-state index contributed by atoms with van der Waals surface area (Å²) in [5.41, 5.74) is 7.91. The van der Waals surface area contributed by atoms with Crippen LogP contribution in [0.1, 0.15) is 24.4 Å². The van der Waals surface area contributed by atoms with E-state index in [-0.39, 0.29) is 5.56 Å². The van der Waals surface area contributed by atoms with E-state index in [1.165, 1.54) is 27.9 Å². The molecule has 2 N–H and O–H groups in total. The first-order valence-corrected chi connectivity index (χ1v) is 7.39. The van der Waals surface area contributed by atoms with Gasteiger partial charge in [-0.05, 0) is 31.5 Å². The van der Waals surface area contributed by atoms with Gasteiger partial charge in [-0.2, -0.15) is 0 Å². The van der Waals surface area contributed by atoms with Gasteiger partial charge in [-0.15, -0.1) is 11.3 Å². The zero-order valence-corrected chi connectivity index (χ0v) is 12.4. The largest absolute Gasteiger partial charge is 0.323 e. The van der Waals surface area contributed by atoms with Crippen molar-refractivity contribution in [2.24, 2.45) is 5.73 Å². The van der Waals surface area contributed by atoms with Gasteiger partial charge in [0, 0.05) is 17.1 Å². The van der Waals surface area contributed by atoms with Crippen LogP contribution < -0.4 is 11.3 Å². The number of nitrogens with two attached hydrogens (primary N) is 1. The Hall–Kier alpha value is -2.05. The molecule has 0 radical (unpaired) electrons. The van der Waals surface area contributed by atoms with Crippen LogP contribution in [0, 0.1) is 12.7 Å². The van der Waals surface area contributed by atoms with Gasteiger partial charge in [-0.1, -0.05) is 12.1 Å². The number of halogens is 1. The van der Waals surface area contributed by atoms with E-state index in [0.29, 0.717) is 21.8 Å². The molecule has 3 rings (SSSR count). The molecule has 3 aromatic rings. The minimum atomic E-state index is -0.414. The van der Waals surface area contributed by atoms with E-state index in [2.05, 4.69) is 4.98 Å². The van der Waals surface area contributed by atoms with E-state index >= 15 is 0 Å². The number of aryl methyl sites for hydroxylation is 1. The number of benzene rings is 1. The number of hydrogen-bond donors (Lipinski definition) is 1. The van der Waals surface area contributed by atoms with Crippen molar-refractivity contribution in [1.82, 2.24) is 9.38 Å². The van der Waals surface area contributed by atoms with Crippen molar-refractivity contribution in [1.29, 1.82) is 0 Å². The molecule has 0 bridgehead atoms. The van der Waals surface area contributed by atoms with Gasteiger partial charge in [0.15, 0.2) is 4.96 Å². The second kappa shape index (κ2) is 5.05. The molecular formula is C15H14FN3OS. The molecule has 21 heavy (non-hydrogen) atoms. The summed E-state index contributed by atoms with van der Waals surface area (Å²) in [6.45, 7) is 3.61. The van der Waals surface area contributed by atoms with E-state index in [1.54, 1.807) is 19.1 Å². The monoisotopic (exact) mass is 303 g/mol. The van der Waals surface area contributed by atoms with Gasteiger partial charge < -0.3 is 5.73 Å². The maximum absolute atomic E-state index is 13.5. The highest BCUT2D eigenvalue weighted by atomic mass is 32.1. The molecule has 0 unspecified atom stereocenters. The minimum absolute atomic E-state index is 0.211. The fourth-order valence-electron chi connectivity index (χ4n) is 2.34. The summed E-state index contributed by atoms with van der Waals surface area (Å²) in [7, 11) is 0. The standard InChI is InChI=1S/C15H14FN3OS/c1-8-7-21-15-18-13(9(2)17)12(14(20)19(8)15)10-4-3-5-11(16)6-10/h3-7,9H,17H2,1-2H3/t9-/m0/s1. The van der Waals surface area contributed by atoms with Crippen LogP contribution in [0.4, 0.5) is 4.39 Å². The first-order chi connectivity index (χ1) is 9.99. The second-order valence-electron chi connectivity index (χ2n) is 4.97. The molecular weight excluding hydrogens is 289 g/mol. The van der Waals surface area contributed by atoms with Gasteiger partial charge in [-0.25, -0.2) is 9.37 Å². The van der Waals surface area contributed by atoms with Crippen LogP contribution in [-0.4, -0.2) is 9.38 Å². The van der Waals surface area contributed by atoms with E-state index in [0.717, 1.165) is 5.69 Å². The normalized spacial score (nSPS) is 12.8. The highest BCUT2D eigenvalue weighted by Gasteiger charge is 2.19. The Morgan fingerprint density at radius 1 is 1.43 bits per heavy atom. The molecule has 2 aromatic heterocycles. The number of nitrogens with zero attached hydrogens (tertiary/aromatic N) is 2. The quantitative estimate of drug-likeness (QED) is 0.792. The average Bonchev–Trinajstić information content (AvgIpc) is 2.80. The molecule has 0 saturated heterocycles. The first kappa shape index (κ1) is 13.9. The molecule has 0 aliphatic heterocycles. The van der Waals surface area contributed by atoms with Crippen LogP contribution in [0.2, 0.25) is 0 Å². The van der Waals surface area contributed by atoms with E-state index < -0.39 is 11.9 Å². The topological polar surface area (TPSA) is 60.4 Å². The van der Waals surface area contributed by atoms with E-state index in [1.807, 2.05) is 12.3 Å². The second-order valence-corrected chi connectivity index (χ2v) is 5.81. The maximum Gasteiger partial charge on any atom is 0.266 e. The Bertz CT molecular complexity index is 882. The Balaban J connectivity index is 2.44. The third-order valence-electron chi connectivity index (χ3n) is 3.31. The lowest BCUT2D eigenvalue weighted by atomic mass is 10.0. The van der Waals surface area contributed by atoms with Gasteiger partial charge in [0.05, 0.1) is 11.3 Å². The number of hydrogen-bond acceptors (Lipinski definition) is 4. The van der Waals surface area contributed by atoms with Crippen molar-refractivity contribution >= 4 is 16.3 Å². The molecule has 0 fully saturated rings. The predicted octanol–water partition coefficient (Wildman–Crippen LogP) is 2.89. The smallest absolute Gasteiger partial charge is 0.266 e. The van der Waals surface area contributed by atoms with Crippen LogP contribution in [-0.2, 0) is 0 Å². The molecule has 4 nitrogen and oxygen atoms in total. The highest BCUT2D eigenvalue weighted by molar-refractivity contribution is 7.15. The molecule has 0 spiro atoms. The van der Waals surface area contributed by atoms with Crippen LogP contribution in [0.15, 0.2) is 34.4 Å². The van der Waals surface area contributed by atoms with E-state index in [4.69, 9.17) is 5.73 Å². The lowest BCUT2D eigenvalue weighted by molar-refractivity contribution is 0.628. The van der Waals surface area contributed by atoms with Gasteiger partial charge >= 0.3 is 0 Å². The summed E-state index contributed by atoms with van der Waals surface area (Å²) >= 11 is 1.39. The van der Waals surface area contributed by atoms with Crippen molar-refractivity contribution in [2.45, 2.75) is 19.9 Å². The SMILES string of the molecule is Cc1csc2nc([C@H](C)N)c(-c3cccc(F)c3)c(=O)n12. The van der Waals surface area contributed by atoms with Gasteiger partial charge in [0.1, 0.15) is 5.82 Å². The fraction of sp³-hybridized carbons (Fsp3) is 0.200. The van der Waals surface area contributed by atoms with Crippen molar-refractivity contribution in [3.63, 3.8) is 0 Å². The van der Waals surface area contributed by atoms with Crippen molar-refractivity contribution < 1.29 is 4.39 Å². The number of aromatic nitrogens is 2. The minimum Gasteiger partial charge on any atom is -0.323 e. The zero-order valence-electron chi connectivity index (χ0n) is 11.6. The average molecular weight is 303 g/mol. The fourth-order valence-corrected chi connectivity index (χ4v) is 3.21. The van der Waals surface area contributed by atoms with Crippen LogP contribution in [0.3, 0.4) is 0 Å². The molecule has 1 atom stereocenters. The lowest BCUT2D eigenvalue weighted by Gasteiger charge is -2.12. The molecule has 2 heterocycles. The van der Waals surface area contributed by atoms with Crippen LogP contribution in [0.25, 0.3) is 16.1 Å². The molecule has 1 aromatic carbocycles. The van der Waals surface area contributed by atoms with Gasteiger partial charge in [0.25, 0.3) is 5.56 Å². The Morgan fingerprint density at radius 3 is 2.86 bits per heavy atom. The molecule has 0 saturated carbocycles. The summed E-state index contributed by atoms with van der Waals surface area (Å²) in [4.78, 5) is 17.9. The third kappa shape index (κ3) is 2.26. The molecule has 0 amide bonds. The first-order valence-electron chi connectivity index (χ1n) is 6.51. The highest BCUT2D eigenvalue weighted by Crippen LogP contribution is 2.25. The summed E-state index contributed by atoms with van der Waals surface area (Å²) < 4.78 is 15.0. The van der Waals surface area contributed by atoms with Crippen molar-refractivity contribution in [2.75, 3.05) is 0 Å². The molecule has 6 heteroatoms. The van der Waals surface area contributed by atoms with Crippen molar-refractivity contribution in [3.8, 4) is 11.1 Å². The Morgan fingerprint density at radius 2 is 2.19 bits per heavy atom. The predicted molar refractivity (Wildman–Crippen MR) is 82.1 cm³/mol. The number of rotatable bonds is 2. The lowest BCUT2D eigenvalue weighted by Crippen LogP contribution is -2.22. The van der Waals surface area contributed by atoms with Gasteiger partial charge in [0.2, 0.25) is 0 Å². The third-order valence-corrected chi connectivity index (χ3v) is 4.26. The van der Waals surface area contributed by atoms with Crippen molar-refractivity contribution in [3.05, 3.63) is 57.2 Å². The Kier molecular flexibility index (Phi) is 3.35. The number of fused-ring (bicyclic) bond motifs is 1. The van der Waals surface area contributed by atoms with Crippen LogP contribution >= 0.6 is 11.3 Å². The summed E-state index contributed by atoms with van der Waals surface area (Å²) in [5.74, 6) is -0.394. The van der Waals surface area contributed by atoms with Gasteiger partial charge in [-0.3, -0.25) is 9.20 Å². The number of thiazole rings is 1. The summed E-state index contributed by atoms with van der Waals surface area (Å²) in [6.07, 6.45) is 0. The van der Waals surface area contributed by atoms with Crippen LogP contribution in [0.5, 0.6) is 0 Å². The maximum atomic E-state index is 13.5. The molecule has 0 aliphatic carbocycles. The summed E-state index contributed by atoms with van der Waals surface area (Å²) in [5, 5.41) is 1.87. The van der Waals surface area contributed by atoms with E-state index in [9.17, 15) is 9.18 Å².